The van der Waals surface area contributed by atoms with Gasteiger partial charge in [-0.1, -0.05) is 91.0 Å². The molecule has 0 aromatic heterocycles. The molecule has 4 fully saturated rings. The minimum atomic E-state index is -6.16. The van der Waals surface area contributed by atoms with Crippen molar-refractivity contribution in [3.63, 3.8) is 0 Å². The molecule has 4 unspecified atom stereocenters. The topological polar surface area (TPSA) is 437 Å². The molecule has 30 nitrogen and oxygen atoms in total. The first-order valence-electron chi connectivity index (χ1n) is 24.4. The van der Waals surface area contributed by atoms with E-state index in [9.17, 15) is 102 Å². The third kappa shape index (κ3) is 12.8. The summed E-state index contributed by atoms with van der Waals surface area (Å²) in [4.78, 5) is 108. The van der Waals surface area contributed by atoms with Gasteiger partial charge >= 0.3 is 37.7 Å². The fourth-order valence-corrected chi connectivity index (χ4v) is 11.8. The summed E-state index contributed by atoms with van der Waals surface area (Å²) in [6.45, 7) is -0.435. The number of carbonyl (C=O) groups excluding carboxylic acids is 7. The molecule has 0 spiro atoms. The summed E-state index contributed by atoms with van der Waals surface area (Å²) < 4.78 is 115. The maximum Gasteiger partial charge on any atom is 0.534 e. The van der Waals surface area contributed by atoms with Gasteiger partial charge in [0.15, 0.2) is 27.5 Å². The zero-order chi connectivity index (χ0) is 62.0. The number of alkyl halides is 3. The fraction of sp³-hybridized carbons (Fsp3) is 0.354. The number of rotatable bonds is 17. The van der Waals surface area contributed by atoms with E-state index in [1.807, 2.05) is 6.07 Å². The molecule has 6 heterocycles. The number of sulfone groups is 1. The maximum atomic E-state index is 12.5. The molecular formula is C48H50F3N9O21S3. The molecule has 7 amide bonds. The van der Waals surface area contributed by atoms with Gasteiger partial charge in [0.1, 0.15) is 18.1 Å². The van der Waals surface area contributed by atoms with E-state index >= 15 is 0 Å². The molecule has 36 heteroatoms. The average molecular weight is 1240 g/mol. The molecule has 0 radical (unpaired) electrons. The number of aliphatic carboxylic acids is 2. The lowest BCUT2D eigenvalue weighted by atomic mass is 9.88. The van der Waals surface area contributed by atoms with Crippen LogP contribution in [0.25, 0.3) is 0 Å². The van der Waals surface area contributed by atoms with E-state index in [-0.39, 0.29) is 44.8 Å². The number of nitrogens with zero attached hydrogens (tertiary/aromatic N) is 3. The largest absolute Gasteiger partial charge is 0.534 e. The van der Waals surface area contributed by atoms with Crippen LogP contribution in [0.5, 0.6) is 0 Å². The van der Waals surface area contributed by atoms with Gasteiger partial charge in [-0.15, -0.1) is 0 Å². The lowest BCUT2D eigenvalue weighted by molar-refractivity contribution is -0.193. The zero-order valence-corrected chi connectivity index (χ0v) is 45.8. The molecule has 3 aromatic rings. The third-order valence-corrected chi connectivity index (χ3v) is 16.4. The first-order valence-corrected chi connectivity index (χ1v) is 29.5. The number of β-lactam (4-membered cyclic amide) rings is 3. The summed E-state index contributed by atoms with van der Waals surface area (Å²) in [6.07, 6.45) is -1.19. The molecule has 0 saturated carbocycles. The van der Waals surface area contributed by atoms with Crippen LogP contribution in [0.15, 0.2) is 114 Å². The molecular weight excluding hydrogens is 1190 g/mol. The molecule has 7 atom stereocenters. The molecule has 3 aromatic carbocycles. The Kier molecular flexibility index (Phi) is 18.0. The predicted octanol–water partition coefficient (Wildman–Crippen LogP) is -4.49. The van der Waals surface area contributed by atoms with Gasteiger partial charge in [-0.3, -0.25) is 43.4 Å². The highest BCUT2D eigenvalue weighted by Crippen LogP contribution is 2.39. The Morgan fingerprint density at radius 1 is 0.583 bits per heavy atom. The number of aliphatic hydroxyl groups excluding tert-OH is 1. The van der Waals surface area contributed by atoms with Gasteiger partial charge in [0.25, 0.3) is 22.6 Å². The minimum Gasteiger partial charge on any atom is -0.476 e. The van der Waals surface area contributed by atoms with Crippen molar-refractivity contribution in [1.29, 1.82) is 0 Å². The summed E-state index contributed by atoms with van der Waals surface area (Å²) in [5.41, 5.74) is -5.33. The Morgan fingerprint density at radius 3 is 1.25 bits per heavy atom. The second-order valence-corrected chi connectivity index (χ2v) is 24.3. The standard InChI is InChI=1S/C16H14F3N3O7S.C16H17N3O7S.C16H19N3O7S/c17-16(18,19)30(27,28)29-13-12(15(25)26)22-9(7-20-13)11(14(22)24)21-10(23)6-8-4-2-1-3-5-8;1-27(24,25)26-14-13(16(22)23)19-10(8-17-14)12(15(19)21)18-11(20)7-9-5-3-2-4-6-9;1-27(25,26)16(15(23)24)14(22)17-8-10-12(13(21)19(10)16)18-11(20)7-9-5-3-2-4-6-9/h1-5,9,11,20H,6-7H2,(H,21,23)(H,25,26);2-6,10,12,17H,7-8H2,1H3,(H,18,20)(H,22,23);2-6,10,12,15,23-24H,7-8H2,1H3,(H,17,22)(H,18,20)/t9-,11?;10-,12?;10-,12?,16?/m111/s1. The van der Waals surface area contributed by atoms with Gasteiger partial charge in [-0.25, -0.2) is 18.0 Å². The lowest BCUT2D eigenvalue weighted by Crippen LogP contribution is -2.87. The van der Waals surface area contributed by atoms with Crippen LogP contribution in [0, 0.1) is 0 Å². The Balaban J connectivity index is 0.000000181. The number of nitrogens with one attached hydrogen (secondary N) is 6. The molecule has 9 rings (SSSR count). The zero-order valence-electron chi connectivity index (χ0n) is 43.4. The van der Waals surface area contributed by atoms with Crippen molar-refractivity contribution in [3.05, 3.63) is 131 Å². The number of carboxylic acid groups (broad SMARTS) is 2. The SMILES string of the molecule is CS(=O)(=O)C1(C(O)O)C(=O)NC[C@@H]2C(NC(=O)Cc3ccccc3)C(=O)N21.CS(=O)(=O)OC1=C(C(=O)O)N2C(=O)C(NC(=O)Cc3ccccc3)[C@H]2CN1.O=C(Cc1ccccc1)NC1C(=O)N2C(C(=O)O)=C(OS(=O)(=O)C(F)(F)F)NC[C@H]12. The van der Waals surface area contributed by atoms with E-state index in [1.54, 1.807) is 84.9 Å². The molecule has 6 aliphatic heterocycles. The summed E-state index contributed by atoms with van der Waals surface area (Å²) >= 11 is 0. The van der Waals surface area contributed by atoms with E-state index in [0.29, 0.717) is 21.6 Å². The predicted molar refractivity (Wildman–Crippen MR) is 274 cm³/mol. The highest BCUT2D eigenvalue weighted by atomic mass is 32.2. The number of aliphatic hydroxyl groups is 2. The highest BCUT2D eigenvalue weighted by Gasteiger charge is 2.70. The summed E-state index contributed by atoms with van der Waals surface area (Å²) in [6, 6.07) is 20.7. The molecule has 84 heavy (non-hydrogen) atoms. The van der Waals surface area contributed by atoms with Crippen molar-refractivity contribution in [2.45, 2.75) is 72.2 Å². The number of hydrogen-bond acceptors (Lipinski definition) is 21. The molecule has 0 bridgehead atoms. The van der Waals surface area contributed by atoms with Crippen LogP contribution in [0.2, 0.25) is 0 Å². The Hall–Kier alpha value is -8.87. The van der Waals surface area contributed by atoms with Crippen molar-refractivity contribution >= 4 is 83.4 Å². The lowest BCUT2D eigenvalue weighted by Gasteiger charge is -2.57. The van der Waals surface area contributed by atoms with Gasteiger partial charge in [-0.2, -0.15) is 30.0 Å². The van der Waals surface area contributed by atoms with Crippen LogP contribution in [0.3, 0.4) is 0 Å². The molecule has 6 aliphatic rings. The van der Waals surface area contributed by atoms with Crippen LogP contribution in [0.4, 0.5) is 13.2 Å². The number of carboxylic acids is 2. The second kappa shape index (κ2) is 24.1. The minimum absolute atomic E-state index is 0.0174. The van der Waals surface area contributed by atoms with Crippen molar-refractivity contribution in [1.82, 2.24) is 46.6 Å². The van der Waals surface area contributed by atoms with Crippen LogP contribution in [-0.2, 0) is 101 Å². The number of amides is 7. The molecule has 4 saturated heterocycles. The number of carbonyl (C=O) groups is 9. The van der Waals surface area contributed by atoms with E-state index in [0.717, 1.165) is 22.3 Å². The van der Waals surface area contributed by atoms with Crippen molar-refractivity contribution in [2.24, 2.45) is 0 Å². The van der Waals surface area contributed by atoms with Crippen LogP contribution < -0.4 is 31.9 Å². The number of benzene rings is 3. The summed E-state index contributed by atoms with van der Waals surface area (Å²) in [5, 5.41) is 52.5. The van der Waals surface area contributed by atoms with Crippen molar-refractivity contribution in [2.75, 3.05) is 32.1 Å². The summed E-state index contributed by atoms with van der Waals surface area (Å²) in [7, 11) is -14.6. The van der Waals surface area contributed by atoms with Crippen LogP contribution in [-0.4, -0.2) is 199 Å². The fourth-order valence-electron chi connectivity index (χ4n) is 9.56. The molecule has 10 N–H and O–H groups in total. The van der Waals surface area contributed by atoms with Gasteiger partial charge in [0.05, 0.1) is 43.6 Å². The van der Waals surface area contributed by atoms with E-state index in [4.69, 9.17) is 0 Å². The van der Waals surface area contributed by atoms with Gasteiger partial charge in [0, 0.05) is 25.9 Å². The number of hydrogen-bond donors (Lipinski definition) is 10. The average Bonchev–Trinajstić information content (AvgIpc) is 0.866. The maximum absolute atomic E-state index is 12.5. The first-order chi connectivity index (χ1) is 39.2. The Bertz CT molecular complexity index is 3580. The third-order valence-electron chi connectivity index (χ3n) is 13.3. The smallest absolute Gasteiger partial charge is 0.476 e. The monoisotopic (exact) mass is 1240 g/mol. The van der Waals surface area contributed by atoms with Crippen molar-refractivity contribution < 1.29 is 110 Å². The van der Waals surface area contributed by atoms with Crippen LogP contribution >= 0.6 is 0 Å². The number of piperazine rings is 1. The van der Waals surface area contributed by atoms with E-state index in [2.05, 4.69) is 40.3 Å². The van der Waals surface area contributed by atoms with E-state index < -0.39 is 154 Å². The quantitative estimate of drug-likeness (QED) is 0.0264. The van der Waals surface area contributed by atoms with Crippen LogP contribution in [0.1, 0.15) is 16.7 Å². The normalized spacial score (nSPS) is 23.5. The Morgan fingerprint density at radius 2 is 0.929 bits per heavy atom. The van der Waals surface area contributed by atoms with E-state index in [1.165, 1.54) is 0 Å². The first kappa shape index (κ1) is 62.7. The van der Waals surface area contributed by atoms with Gasteiger partial charge in [0.2, 0.25) is 35.4 Å². The Labute approximate surface area is 473 Å². The van der Waals surface area contributed by atoms with Gasteiger partial charge in [-0.05, 0) is 16.7 Å². The second-order valence-electron chi connectivity index (χ2n) is 19.0. The highest BCUT2D eigenvalue weighted by molar-refractivity contribution is 7.93. The van der Waals surface area contributed by atoms with Gasteiger partial charge < -0.3 is 65.6 Å². The summed E-state index contributed by atoms with van der Waals surface area (Å²) in [5.74, 6) is -10.2. The number of halogens is 3. The van der Waals surface area contributed by atoms with Crippen molar-refractivity contribution in [3.8, 4) is 0 Å². The number of fused-ring (bicyclic) bond motifs is 3. The molecule has 452 valence electrons. The molecule has 0 aliphatic carbocycles.